The maximum absolute atomic E-state index is 9.46. The van der Waals surface area contributed by atoms with Gasteiger partial charge in [0.2, 0.25) is 0 Å². The molecule has 88 valence electrons. The molecule has 0 saturated heterocycles. The summed E-state index contributed by atoms with van der Waals surface area (Å²) in [6, 6.07) is 6.52. The third kappa shape index (κ3) is 2.12. The second-order valence-electron chi connectivity index (χ2n) is 4.70. The van der Waals surface area contributed by atoms with Crippen molar-refractivity contribution in [2.45, 2.75) is 30.1 Å². The third-order valence-electron chi connectivity index (χ3n) is 3.40. The van der Waals surface area contributed by atoms with Gasteiger partial charge in [0, 0.05) is 16.9 Å². The van der Waals surface area contributed by atoms with Gasteiger partial charge in [0.25, 0.3) is 0 Å². The lowest BCUT2D eigenvalue weighted by Gasteiger charge is -2.28. The van der Waals surface area contributed by atoms with Crippen molar-refractivity contribution in [3.8, 4) is 0 Å². The van der Waals surface area contributed by atoms with E-state index in [2.05, 4.69) is 18.2 Å². The van der Waals surface area contributed by atoms with Crippen LogP contribution in [-0.4, -0.2) is 24.0 Å². The smallest absolute Gasteiger partial charge is 0.0537 e. The molecule has 0 fully saturated rings. The Morgan fingerprint density at radius 2 is 2.31 bits per heavy atom. The van der Waals surface area contributed by atoms with Crippen LogP contribution < -0.4 is 5.73 Å². The number of hydrogen-bond donors (Lipinski definition) is 2. The first-order chi connectivity index (χ1) is 7.69. The summed E-state index contributed by atoms with van der Waals surface area (Å²) in [6.45, 7) is 2.61. The van der Waals surface area contributed by atoms with Crippen molar-refractivity contribution < 1.29 is 5.11 Å². The zero-order valence-corrected chi connectivity index (χ0v) is 10.5. The summed E-state index contributed by atoms with van der Waals surface area (Å²) in [7, 11) is 0. The topological polar surface area (TPSA) is 46.2 Å². The minimum atomic E-state index is -0.295. The van der Waals surface area contributed by atoms with Crippen molar-refractivity contribution in [2.75, 3.05) is 18.9 Å². The highest BCUT2D eigenvalue weighted by molar-refractivity contribution is 7.99. The van der Waals surface area contributed by atoms with Crippen molar-refractivity contribution >= 4 is 11.8 Å². The summed E-state index contributed by atoms with van der Waals surface area (Å²) >= 11 is 1.93. The van der Waals surface area contributed by atoms with Crippen LogP contribution in [0.4, 0.5) is 0 Å². The Morgan fingerprint density at radius 1 is 1.50 bits per heavy atom. The van der Waals surface area contributed by atoms with Gasteiger partial charge < -0.3 is 10.8 Å². The quantitative estimate of drug-likeness (QED) is 0.844. The van der Waals surface area contributed by atoms with E-state index in [1.807, 2.05) is 18.7 Å². The molecule has 0 spiro atoms. The molecule has 1 unspecified atom stereocenters. The van der Waals surface area contributed by atoms with Gasteiger partial charge in [-0.05, 0) is 35.8 Å². The van der Waals surface area contributed by atoms with E-state index in [0.717, 1.165) is 6.42 Å². The van der Waals surface area contributed by atoms with Crippen LogP contribution in [-0.2, 0) is 11.8 Å². The minimum Gasteiger partial charge on any atom is -0.395 e. The predicted molar refractivity (Wildman–Crippen MR) is 69.0 cm³/mol. The standard InChI is InChI=1S/C13H19NOS/c1-13(8-14,9-15)11-4-5-12-10(7-11)3-2-6-16-12/h4-5,7,15H,2-3,6,8-9,14H2,1H3. The van der Waals surface area contributed by atoms with Crippen molar-refractivity contribution in [1.82, 2.24) is 0 Å². The number of aliphatic hydroxyl groups is 1. The van der Waals surface area contributed by atoms with Gasteiger partial charge in [-0.1, -0.05) is 19.1 Å². The van der Waals surface area contributed by atoms with Crippen LogP contribution in [0.25, 0.3) is 0 Å². The molecule has 0 bridgehead atoms. The Balaban J connectivity index is 2.36. The van der Waals surface area contributed by atoms with E-state index in [1.54, 1.807) is 0 Å². The summed E-state index contributed by atoms with van der Waals surface area (Å²) < 4.78 is 0. The summed E-state index contributed by atoms with van der Waals surface area (Å²) in [5.74, 6) is 1.22. The maximum atomic E-state index is 9.46. The zero-order chi connectivity index (χ0) is 11.6. The Morgan fingerprint density at radius 3 is 3.00 bits per heavy atom. The number of benzene rings is 1. The predicted octanol–water partition coefficient (Wildman–Crippen LogP) is 1.93. The molecule has 1 aliphatic heterocycles. The molecule has 1 aromatic rings. The first kappa shape index (κ1) is 12.0. The molecule has 2 rings (SSSR count). The Labute approximate surface area is 101 Å². The van der Waals surface area contributed by atoms with Gasteiger partial charge in [0.05, 0.1) is 6.61 Å². The largest absolute Gasteiger partial charge is 0.395 e. The molecule has 2 nitrogen and oxygen atoms in total. The molecule has 16 heavy (non-hydrogen) atoms. The number of aliphatic hydroxyl groups excluding tert-OH is 1. The lowest BCUT2D eigenvalue weighted by atomic mass is 9.82. The molecule has 0 saturated carbocycles. The van der Waals surface area contributed by atoms with E-state index < -0.39 is 0 Å². The molecule has 1 heterocycles. The van der Waals surface area contributed by atoms with Crippen LogP contribution >= 0.6 is 11.8 Å². The number of rotatable bonds is 3. The Bertz CT molecular complexity index is 374. The molecule has 1 aliphatic rings. The van der Waals surface area contributed by atoms with Gasteiger partial charge in [-0.2, -0.15) is 0 Å². The number of thioether (sulfide) groups is 1. The minimum absolute atomic E-state index is 0.107. The molecule has 1 aromatic carbocycles. The fourth-order valence-electron chi connectivity index (χ4n) is 2.01. The van der Waals surface area contributed by atoms with Crippen LogP contribution in [0.2, 0.25) is 0 Å². The van der Waals surface area contributed by atoms with Crippen LogP contribution in [0.3, 0.4) is 0 Å². The lowest BCUT2D eigenvalue weighted by molar-refractivity contribution is 0.210. The van der Waals surface area contributed by atoms with Crippen molar-refractivity contribution in [3.63, 3.8) is 0 Å². The average Bonchev–Trinajstić information content (AvgIpc) is 2.37. The van der Waals surface area contributed by atoms with Gasteiger partial charge in [-0.15, -0.1) is 11.8 Å². The van der Waals surface area contributed by atoms with Crippen molar-refractivity contribution in [1.29, 1.82) is 0 Å². The average molecular weight is 237 g/mol. The number of nitrogens with two attached hydrogens (primary N) is 1. The molecule has 0 radical (unpaired) electrons. The van der Waals surface area contributed by atoms with Crippen molar-refractivity contribution in [2.24, 2.45) is 5.73 Å². The van der Waals surface area contributed by atoms with Crippen molar-refractivity contribution in [3.05, 3.63) is 29.3 Å². The first-order valence-corrected chi connectivity index (χ1v) is 6.75. The van der Waals surface area contributed by atoms with Crippen LogP contribution in [0.5, 0.6) is 0 Å². The molecule has 1 atom stereocenters. The van der Waals surface area contributed by atoms with Crippen LogP contribution in [0, 0.1) is 0 Å². The van der Waals surface area contributed by atoms with E-state index >= 15 is 0 Å². The number of fused-ring (bicyclic) bond motifs is 1. The molecule has 3 heteroatoms. The second-order valence-corrected chi connectivity index (χ2v) is 5.83. The molecule has 3 N–H and O–H groups in total. The second kappa shape index (κ2) is 4.78. The van der Waals surface area contributed by atoms with Crippen LogP contribution in [0.1, 0.15) is 24.5 Å². The molecule has 0 aromatic heterocycles. The van der Waals surface area contributed by atoms with E-state index in [1.165, 1.54) is 28.2 Å². The monoisotopic (exact) mass is 237 g/mol. The summed E-state index contributed by atoms with van der Waals surface area (Å²) in [5.41, 5.74) is 8.05. The van der Waals surface area contributed by atoms with E-state index in [4.69, 9.17) is 5.73 Å². The van der Waals surface area contributed by atoms with E-state index in [9.17, 15) is 5.11 Å². The number of hydrogen-bond acceptors (Lipinski definition) is 3. The van der Waals surface area contributed by atoms with Gasteiger partial charge in [0.1, 0.15) is 0 Å². The van der Waals surface area contributed by atoms with E-state index in [-0.39, 0.29) is 12.0 Å². The van der Waals surface area contributed by atoms with Gasteiger partial charge in [-0.25, -0.2) is 0 Å². The lowest BCUT2D eigenvalue weighted by Crippen LogP contribution is -2.35. The molecule has 0 amide bonds. The highest BCUT2D eigenvalue weighted by Crippen LogP contribution is 2.33. The highest BCUT2D eigenvalue weighted by Gasteiger charge is 2.25. The van der Waals surface area contributed by atoms with Gasteiger partial charge >= 0.3 is 0 Å². The Kier molecular flexibility index (Phi) is 3.57. The fraction of sp³-hybridized carbons (Fsp3) is 0.538. The van der Waals surface area contributed by atoms with Crippen LogP contribution in [0.15, 0.2) is 23.1 Å². The summed E-state index contributed by atoms with van der Waals surface area (Å²) in [6.07, 6.45) is 2.40. The van der Waals surface area contributed by atoms with Gasteiger partial charge in [-0.3, -0.25) is 0 Å². The normalized spacial score (nSPS) is 18.9. The molecular weight excluding hydrogens is 218 g/mol. The first-order valence-electron chi connectivity index (χ1n) is 5.77. The zero-order valence-electron chi connectivity index (χ0n) is 9.70. The SMILES string of the molecule is CC(CN)(CO)c1ccc2c(c1)CCCS2. The molecular formula is C13H19NOS. The van der Waals surface area contributed by atoms with E-state index in [0.29, 0.717) is 6.54 Å². The fourth-order valence-corrected chi connectivity index (χ4v) is 3.03. The third-order valence-corrected chi connectivity index (χ3v) is 4.61. The summed E-state index contributed by atoms with van der Waals surface area (Å²) in [5, 5.41) is 9.46. The maximum Gasteiger partial charge on any atom is 0.0537 e. The number of aryl methyl sites for hydroxylation is 1. The molecule has 0 aliphatic carbocycles. The highest BCUT2D eigenvalue weighted by atomic mass is 32.2. The summed E-state index contributed by atoms with van der Waals surface area (Å²) in [4.78, 5) is 1.40. The Hall–Kier alpha value is -0.510. The van der Waals surface area contributed by atoms with Gasteiger partial charge in [0.15, 0.2) is 0 Å².